The Morgan fingerprint density at radius 3 is 2.37 bits per heavy atom. The van der Waals surface area contributed by atoms with Gasteiger partial charge in [0.1, 0.15) is 0 Å². The van der Waals surface area contributed by atoms with Gasteiger partial charge in [0.15, 0.2) is 0 Å². The SMILES string of the molecule is CCNS(=O)(=O)CCNC(CC)c1ccc(Br)cc1. The van der Waals surface area contributed by atoms with Gasteiger partial charge in [-0.2, -0.15) is 0 Å². The van der Waals surface area contributed by atoms with Crippen molar-refractivity contribution >= 4 is 26.0 Å². The van der Waals surface area contributed by atoms with Crippen LogP contribution in [0.1, 0.15) is 31.9 Å². The highest BCUT2D eigenvalue weighted by Crippen LogP contribution is 2.19. The van der Waals surface area contributed by atoms with E-state index in [1.54, 1.807) is 6.92 Å². The van der Waals surface area contributed by atoms with Crippen LogP contribution < -0.4 is 10.0 Å². The van der Waals surface area contributed by atoms with Crippen molar-refractivity contribution in [3.05, 3.63) is 34.3 Å². The number of hydrogen-bond acceptors (Lipinski definition) is 3. The predicted octanol–water partition coefficient (Wildman–Crippen LogP) is 2.43. The van der Waals surface area contributed by atoms with E-state index in [-0.39, 0.29) is 11.8 Å². The minimum atomic E-state index is -3.14. The number of halogens is 1. The van der Waals surface area contributed by atoms with Crippen LogP contribution in [0.5, 0.6) is 0 Å². The average Bonchev–Trinajstić information content (AvgIpc) is 2.36. The topological polar surface area (TPSA) is 58.2 Å². The van der Waals surface area contributed by atoms with Crippen LogP contribution >= 0.6 is 15.9 Å². The van der Waals surface area contributed by atoms with E-state index in [0.29, 0.717) is 13.1 Å². The van der Waals surface area contributed by atoms with Crippen molar-refractivity contribution in [1.82, 2.24) is 10.0 Å². The summed E-state index contributed by atoms with van der Waals surface area (Å²) in [5, 5.41) is 3.29. The summed E-state index contributed by atoms with van der Waals surface area (Å²) in [6, 6.07) is 8.27. The van der Waals surface area contributed by atoms with E-state index in [0.717, 1.165) is 10.9 Å². The summed E-state index contributed by atoms with van der Waals surface area (Å²) < 4.78 is 26.6. The highest BCUT2D eigenvalue weighted by Gasteiger charge is 2.12. The molecule has 1 rings (SSSR count). The Morgan fingerprint density at radius 1 is 1.21 bits per heavy atom. The van der Waals surface area contributed by atoms with Crippen LogP contribution in [0.3, 0.4) is 0 Å². The molecule has 1 atom stereocenters. The summed E-state index contributed by atoms with van der Waals surface area (Å²) in [5.41, 5.74) is 1.17. The number of rotatable bonds is 8. The normalized spacial score (nSPS) is 13.4. The van der Waals surface area contributed by atoms with Crippen LogP contribution in [0.15, 0.2) is 28.7 Å². The van der Waals surface area contributed by atoms with E-state index < -0.39 is 10.0 Å². The van der Waals surface area contributed by atoms with Crippen LogP contribution in [-0.4, -0.2) is 27.3 Å². The molecule has 0 aliphatic heterocycles. The quantitative estimate of drug-likeness (QED) is 0.758. The maximum Gasteiger partial charge on any atom is 0.212 e. The maximum absolute atomic E-state index is 11.5. The summed E-state index contributed by atoms with van der Waals surface area (Å²) in [5.74, 6) is 0.105. The van der Waals surface area contributed by atoms with E-state index in [1.807, 2.05) is 24.3 Å². The highest BCUT2D eigenvalue weighted by atomic mass is 79.9. The molecule has 1 aromatic carbocycles. The Labute approximate surface area is 124 Å². The maximum atomic E-state index is 11.5. The molecule has 108 valence electrons. The molecular weight excluding hydrogens is 328 g/mol. The zero-order valence-electron chi connectivity index (χ0n) is 11.3. The summed E-state index contributed by atoms with van der Waals surface area (Å²) >= 11 is 3.40. The second-order valence-corrected chi connectivity index (χ2v) is 7.13. The Kier molecular flexibility index (Phi) is 6.99. The molecule has 0 aliphatic rings. The third kappa shape index (κ3) is 6.03. The molecule has 0 saturated carbocycles. The van der Waals surface area contributed by atoms with Crippen LogP contribution in [0, 0.1) is 0 Å². The molecule has 19 heavy (non-hydrogen) atoms. The molecular formula is C13H21BrN2O2S. The van der Waals surface area contributed by atoms with Crippen LogP contribution in [0.25, 0.3) is 0 Å². The molecule has 0 spiro atoms. The standard InChI is InChI=1S/C13H21BrN2O2S/c1-3-13(11-5-7-12(14)8-6-11)15-9-10-19(17,18)16-4-2/h5-8,13,15-16H,3-4,9-10H2,1-2H3. The molecule has 0 amide bonds. The van der Waals surface area contributed by atoms with Gasteiger partial charge in [0, 0.05) is 23.6 Å². The highest BCUT2D eigenvalue weighted by molar-refractivity contribution is 9.10. The zero-order chi connectivity index (χ0) is 14.3. The summed E-state index contributed by atoms with van der Waals surface area (Å²) in [6.07, 6.45) is 0.920. The number of hydrogen-bond donors (Lipinski definition) is 2. The van der Waals surface area contributed by atoms with Gasteiger partial charge >= 0.3 is 0 Å². The fraction of sp³-hybridized carbons (Fsp3) is 0.538. The van der Waals surface area contributed by atoms with E-state index in [9.17, 15) is 8.42 Å². The summed E-state index contributed by atoms with van der Waals surface area (Å²) in [4.78, 5) is 0. The molecule has 1 unspecified atom stereocenters. The number of sulfonamides is 1. The van der Waals surface area contributed by atoms with Gasteiger partial charge in [-0.15, -0.1) is 0 Å². The smallest absolute Gasteiger partial charge is 0.212 e. The monoisotopic (exact) mass is 348 g/mol. The van der Waals surface area contributed by atoms with Crippen LogP contribution in [0.2, 0.25) is 0 Å². The first-order chi connectivity index (χ1) is 8.98. The lowest BCUT2D eigenvalue weighted by atomic mass is 10.1. The van der Waals surface area contributed by atoms with Crippen molar-refractivity contribution in [2.45, 2.75) is 26.3 Å². The second kappa shape index (κ2) is 7.99. The summed E-state index contributed by atoms with van der Waals surface area (Å²) in [6.45, 7) is 4.75. The fourth-order valence-corrected chi connectivity index (χ4v) is 3.09. The molecule has 0 radical (unpaired) electrons. The van der Waals surface area contributed by atoms with E-state index in [4.69, 9.17) is 0 Å². The first-order valence-electron chi connectivity index (χ1n) is 6.44. The van der Waals surface area contributed by atoms with Gasteiger partial charge in [0.05, 0.1) is 5.75 Å². The molecule has 1 aromatic rings. The lowest BCUT2D eigenvalue weighted by Crippen LogP contribution is -2.33. The lowest BCUT2D eigenvalue weighted by molar-refractivity contribution is 0.529. The van der Waals surface area contributed by atoms with Gasteiger partial charge in [-0.25, -0.2) is 13.1 Å². The number of benzene rings is 1. The molecule has 0 saturated heterocycles. The largest absolute Gasteiger partial charge is 0.309 e. The van der Waals surface area contributed by atoms with Crippen LogP contribution in [-0.2, 0) is 10.0 Å². The lowest BCUT2D eigenvalue weighted by Gasteiger charge is -2.17. The molecule has 0 aromatic heterocycles. The van der Waals surface area contributed by atoms with E-state index >= 15 is 0 Å². The van der Waals surface area contributed by atoms with E-state index in [1.165, 1.54) is 5.56 Å². The van der Waals surface area contributed by atoms with Crippen molar-refractivity contribution in [3.8, 4) is 0 Å². The number of nitrogens with one attached hydrogen (secondary N) is 2. The third-order valence-corrected chi connectivity index (χ3v) is 4.81. The Balaban J connectivity index is 2.52. The van der Waals surface area contributed by atoms with Crippen molar-refractivity contribution in [2.75, 3.05) is 18.8 Å². The average molecular weight is 349 g/mol. The predicted molar refractivity (Wildman–Crippen MR) is 82.6 cm³/mol. The van der Waals surface area contributed by atoms with Crippen molar-refractivity contribution in [2.24, 2.45) is 0 Å². The minimum absolute atomic E-state index is 0.105. The summed E-state index contributed by atoms with van der Waals surface area (Å²) in [7, 11) is -3.14. The fourth-order valence-electron chi connectivity index (χ4n) is 1.85. The first-order valence-corrected chi connectivity index (χ1v) is 8.89. The minimum Gasteiger partial charge on any atom is -0.309 e. The third-order valence-electron chi connectivity index (χ3n) is 2.81. The molecule has 0 fully saturated rings. The van der Waals surface area contributed by atoms with Crippen LogP contribution in [0.4, 0.5) is 0 Å². The van der Waals surface area contributed by atoms with Crippen molar-refractivity contribution in [1.29, 1.82) is 0 Å². The Bertz CT molecular complexity index is 474. The molecule has 6 heteroatoms. The molecule has 0 bridgehead atoms. The van der Waals surface area contributed by atoms with E-state index in [2.05, 4.69) is 32.9 Å². The van der Waals surface area contributed by atoms with Gasteiger partial charge in [0.2, 0.25) is 10.0 Å². The molecule has 0 aliphatic carbocycles. The second-order valence-electron chi connectivity index (χ2n) is 4.28. The van der Waals surface area contributed by atoms with Gasteiger partial charge in [-0.05, 0) is 24.1 Å². The molecule has 4 nitrogen and oxygen atoms in total. The van der Waals surface area contributed by atoms with Gasteiger partial charge in [-0.3, -0.25) is 0 Å². The zero-order valence-corrected chi connectivity index (χ0v) is 13.7. The van der Waals surface area contributed by atoms with Crippen molar-refractivity contribution < 1.29 is 8.42 Å². The van der Waals surface area contributed by atoms with Gasteiger partial charge < -0.3 is 5.32 Å². The Hall–Kier alpha value is -0.430. The first kappa shape index (κ1) is 16.6. The molecule has 2 N–H and O–H groups in total. The Morgan fingerprint density at radius 2 is 1.84 bits per heavy atom. The van der Waals surface area contributed by atoms with Crippen molar-refractivity contribution in [3.63, 3.8) is 0 Å². The van der Waals surface area contributed by atoms with Gasteiger partial charge in [0.25, 0.3) is 0 Å². The molecule has 0 heterocycles. The van der Waals surface area contributed by atoms with Gasteiger partial charge in [-0.1, -0.05) is 41.9 Å².